The van der Waals surface area contributed by atoms with Crippen LogP contribution < -0.4 is 5.32 Å². The van der Waals surface area contributed by atoms with Gasteiger partial charge in [0.15, 0.2) is 0 Å². The predicted molar refractivity (Wildman–Crippen MR) is 96.5 cm³/mol. The summed E-state index contributed by atoms with van der Waals surface area (Å²) >= 11 is 1.43. The molecule has 7 nitrogen and oxygen atoms in total. The summed E-state index contributed by atoms with van der Waals surface area (Å²) in [4.78, 5) is 29.5. The van der Waals surface area contributed by atoms with Gasteiger partial charge in [-0.3, -0.25) is 4.79 Å². The van der Waals surface area contributed by atoms with Gasteiger partial charge in [0.2, 0.25) is 0 Å². The molecule has 4 rings (SSSR count). The van der Waals surface area contributed by atoms with Crippen LogP contribution in [0, 0.1) is 6.92 Å². The van der Waals surface area contributed by atoms with Crippen LogP contribution in [0.25, 0.3) is 22.3 Å². The lowest BCUT2D eigenvalue weighted by atomic mass is 10.2. The lowest BCUT2D eigenvalue weighted by molar-refractivity contribution is 0.102. The largest absolute Gasteiger partial charge is 0.332 e. The minimum atomic E-state index is -0.279. The average molecular weight is 350 g/mol. The smallest absolute Gasteiger partial charge is 0.276 e. The third-order valence-electron chi connectivity index (χ3n) is 3.75. The lowest BCUT2D eigenvalue weighted by Crippen LogP contribution is -2.13. The number of imidazole rings is 1. The summed E-state index contributed by atoms with van der Waals surface area (Å²) in [6.07, 6.45) is 5.19. The highest BCUT2D eigenvalue weighted by Crippen LogP contribution is 2.21. The summed E-state index contributed by atoms with van der Waals surface area (Å²) < 4.78 is 1.91. The number of thiazole rings is 1. The Kier molecular flexibility index (Phi) is 3.73. The zero-order chi connectivity index (χ0) is 17.4. The first-order valence-electron chi connectivity index (χ1n) is 7.57. The normalized spacial score (nSPS) is 11.0. The number of anilines is 1. The van der Waals surface area contributed by atoms with Crippen LogP contribution in [0.1, 0.15) is 15.5 Å². The summed E-state index contributed by atoms with van der Waals surface area (Å²) in [6.45, 7) is 1.86. The van der Waals surface area contributed by atoms with Gasteiger partial charge in [-0.1, -0.05) is 0 Å². The molecule has 0 unspecified atom stereocenters. The number of carbonyl (C=O) groups is 1. The van der Waals surface area contributed by atoms with Crippen molar-refractivity contribution in [3.63, 3.8) is 0 Å². The maximum absolute atomic E-state index is 12.2. The van der Waals surface area contributed by atoms with Crippen molar-refractivity contribution in [1.82, 2.24) is 24.5 Å². The van der Waals surface area contributed by atoms with E-state index in [0.717, 1.165) is 27.3 Å². The minimum Gasteiger partial charge on any atom is -0.332 e. The Labute approximate surface area is 147 Å². The number of carbonyl (C=O) groups excluding carboxylic acids is 1. The van der Waals surface area contributed by atoms with Crippen molar-refractivity contribution in [2.75, 3.05) is 5.32 Å². The van der Waals surface area contributed by atoms with Crippen LogP contribution in [0.5, 0.6) is 0 Å². The Balaban J connectivity index is 1.67. The van der Waals surface area contributed by atoms with Gasteiger partial charge in [0.1, 0.15) is 11.5 Å². The molecular weight excluding hydrogens is 336 g/mol. The number of nitrogens with one attached hydrogen (secondary N) is 1. The van der Waals surface area contributed by atoms with Crippen LogP contribution >= 0.6 is 11.3 Å². The number of pyridine rings is 2. The molecule has 0 radical (unpaired) electrons. The second-order valence-electron chi connectivity index (χ2n) is 5.55. The summed E-state index contributed by atoms with van der Waals surface area (Å²) in [7, 11) is 1.92. The molecule has 8 heteroatoms. The molecule has 0 aliphatic carbocycles. The highest BCUT2D eigenvalue weighted by atomic mass is 32.1. The fraction of sp³-hybridized carbons (Fsp3) is 0.118. The number of hydrogen-bond donors (Lipinski definition) is 1. The van der Waals surface area contributed by atoms with Gasteiger partial charge in [-0.15, -0.1) is 11.3 Å². The predicted octanol–water partition coefficient (Wildman–Crippen LogP) is 3.05. The van der Waals surface area contributed by atoms with Crippen molar-refractivity contribution >= 4 is 34.0 Å². The van der Waals surface area contributed by atoms with E-state index in [9.17, 15) is 4.79 Å². The molecule has 4 aromatic rings. The molecule has 124 valence electrons. The van der Waals surface area contributed by atoms with Gasteiger partial charge in [0, 0.05) is 30.1 Å². The van der Waals surface area contributed by atoms with Crippen molar-refractivity contribution in [1.29, 1.82) is 0 Å². The Hall–Kier alpha value is -3.13. The fourth-order valence-electron chi connectivity index (χ4n) is 2.48. The van der Waals surface area contributed by atoms with Crippen molar-refractivity contribution < 1.29 is 4.79 Å². The summed E-state index contributed by atoms with van der Waals surface area (Å²) in [5.41, 5.74) is 2.87. The molecule has 25 heavy (non-hydrogen) atoms. The van der Waals surface area contributed by atoms with E-state index in [2.05, 4.69) is 25.3 Å². The van der Waals surface area contributed by atoms with Crippen molar-refractivity contribution in [3.8, 4) is 11.4 Å². The summed E-state index contributed by atoms with van der Waals surface area (Å²) in [5.74, 6) is 0.164. The molecule has 4 heterocycles. The second kappa shape index (κ2) is 6.06. The molecule has 0 fully saturated rings. The first-order valence-corrected chi connectivity index (χ1v) is 8.45. The van der Waals surface area contributed by atoms with Crippen LogP contribution in [-0.2, 0) is 7.05 Å². The van der Waals surface area contributed by atoms with E-state index >= 15 is 0 Å². The molecule has 1 amide bonds. The van der Waals surface area contributed by atoms with E-state index in [1.807, 2.05) is 30.7 Å². The first-order chi connectivity index (χ1) is 12.1. The molecule has 0 aliphatic heterocycles. The van der Waals surface area contributed by atoms with Gasteiger partial charge in [-0.25, -0.2) is 19.9 Å². The SMILES string of the molecule is Cc1nc(C(=O)Nc2cc3nc(-c4cncn4C)ccc3cn2)cs1. The van der Waals surface area contributed by atoms with Gasteiger partial charge in [-0.2, -0.15) is 0 Å². The molecule has 0 atom stereocenters. The maximum Gasteiger partial charge on any atom is 0.276 e. The first kappa shape index (κ1) is 15.4. The summed E-state index contributed by atoms with van der Waals surface area (Å²) in [6, 6.07) is 5.64. The third-order valence-corrected chi connectivity index (χ3v) is 4.52. The van der Waals surface area contributed by atoms with Gasteiger partial charge < -0.3 is 9.88 Å². The topological polar surface area (TPSA) is 85.6 Å². The van der Waals surface area contributed by atoms with Crippen LogP contribution in [-0.4, -0.2) is 30.4 Å². The molecule has 0 aliphatic rings. The Morgan fingerprint density at radius 2 is 2.12 bits per heavy atom. The highest BCUT2D eigenvalue weighted by molar-refractivity contribution is 7.09. The van der Waals surface area contributed by atoms with Crippen LogP contribution in [0.15, 0.2) is 42.3 Å². The van der Waals surface area contributed by atoms with E-state index in [4.69, 9.17) is 0 Å². The van der Waals surface area contributed by atoms with E-state index in [1.165, 1.54) is 11.3 Å². The Morgan fingerprint density at radius 3 is 2.84 bits per heavy atom. The van der Waals surface area contributed by atoms with Crippen molar-refractivity contribution in [3.05, 3.63) is 53.0 Å². The average Bonchev–Trinajstić information content (AvgIpc) is 3.22. The monoisotopic (exact) mass is 350 g/mol. The molecule has 0 saturated carbocycles. The Morgan fingerprint density at radius 1 is 1.24 bits per heavy atom. The fourth-order valence-corrected chi connectivity index (χ4v) is 3.07. The number of aromatic nitrogens is 5. The van der Waals surface area contributed by atoms with E-state index in [1.54, 1.807) is 30.2 Å². The van der Waals surface area contributed by atoms with Gasteiger partial charge in [0.05, 0.1) is 34.4 Å². The minimum absolute atomic E-state index is 0.279. The van der Waals surface area contributed by atoms with Gasteiger partial charge in [-0.05, 0) is 19.1 Å². The maximum atomic E-state index is 12.2. The van der Waals surface area contributed by atoms with E-state index in [-0.39, 0.29) is 5.91 Å². The van der Waals surface area contributed by atoms with Crippen LogP contribution in [0.4, 0.5) is 5.82 Å². The highest BCUT2D eigenvalue weighted by Gasteiger charge is 2.11. The number of aryl methyl sites for hydroxylation is 2. The number of rotatable bonds is 3. The zero-order valence-corrected chi connectivity index (χ0v) is 14.4. The Bertz CT molecular complexity index is 1080. The molecule has 4 aromatic heterocycles. The van der Waals surface area contributed by atoms with Gasteiger partial charge in [0.25, 0.3) is 5.91 Å². The lowest BCUT2D eigenvalue weighted by Gasteiger charge is -2.06. The molecule has 1 N–H and O–H groups in total. The van der Waals surface area contributed by atoms with E-state index in [0.29, 0.717) is 11.5 Å². The van der Waals surface area contributed by atoms with Crippen LogP contribution in [0.3, 0.4) is 0 Å². The standard InChI is InChI=1S/C17H14N6OS/c1-10-20-14(8-25-10)17(24)22-16-5-13-11(6-19-16)3-4-12(21-13)15-7-18-9-23(15)2/h3-9H,1-2H3,(H,19,22,24). The van der Waals surface area contributed by atoms with Crippen molar-refractivity contribution in [2.24, 2.45) is 7.05 Å². The summed E-state index contributed by atoms with van der Waals surface area (Å²) in [5, 5.41) is 6.24. The molecule has 0 saturated heterocycles. The molecule has 0 bridgehead atoms. The molecule has 0 spiro atoms. The molecular formula is C17H14N6OS. The number of hydrogen-bond acceptors (Lipinski definition) is 6. The van der Waals surface area contributed by atoms with Crippen LogP contribution in [0.2, 0.25) is 0 Å². The quantitative estimate of drug-likeness (QED) is 0.614. The third kappa shape index (κ3) is 2.99. The number of fused-ring (bicyclic) bond motifs is 1. The van der Waals surface area contributed by atoms with Crippen molar-refractivity contribution in [2.45, 2.75) is 6.92 Å². The zero-order valence-electron chi connectivity index (χ0n) is 13.6. The second-order valence-corrected chi connectivity index (χ2v) is 6.62. The van der Waals surface area contributed by atoms with Gasteiger partial charge >= 0.3 is 0 Å². The van der Waals surface area contributed by atoms with E-state index < -0.39 is 0 Å². The molecule has 0 aromatic carbocycles. The number of nitrogens with zero attached hydrogens (tertiary/aromatic N) is 5. The number of amides is 1.